The summed E-state index contributed by atoms with van der Waals surface area (Å²) in [5.41, 5.74) is -0.931. The number of hydrogen-bond acceptors (Lipinski definition) is 1. The molecule has 0 radical (unpaired) electrons. The van der Waals surface area contributed by atoms with E-state index in [0.717, 1.165) is 6.42 Å². The molecule has 80 valence electrons. The molecule has 13 heavy (non-hydrogen) atoms. The van der Waals surface area contributed by atoms with Crippen molar-refractivity contribution in [1.29, 1.82) is 0 Å². The van der Waals surface area contributed by atoms with Crippen LogP contribution in [-0.2, 0) is 0 Å². The molecule has 0 aromatic carbocycles. The van der Waals surface area contributed by atoms with Gasteiger partial charge in [-0.3, -0.25) is 0 Å². The molecule has 0 spiro atoms. The SMILES string of the molecule is CCCC(C)(O)CCCC(F)(F)F. The van der Waals surface area contributed by atoms with E-state index >= 15 is 0 Å². The topological polar surface area (TPSA) is 20.2 Å². The lowest BCUT2D eigenvalue weighted by molar-refractivity contribution is -0.137. The summed E-state index contributed by atoms with van der Waals surface area (Å²) in [5, 5.41) is 9.54. The number of halogens is 3. The van der Waals surface area contributed by atoms with Crippen molar-refractivity contribution in [3.8, 4) is 0 Å². The fourth-order valence-corrected chi connectivity index (χ4v) is 1.33. The molecule has 0 saturated carbocycles. The smallest absolute Gasteiger partial charge is 0.389 e. The van der Waals surface area contributed by atoms with Crippen molar-refractivity contribution < 1.29 is 18.3 Å². The fraction of sp³-hybridized carbons (Fsp3) is 1.00. The van der Waals surface area contributed by atoms with Crippen LogP contribution in [0, 0.1) is 0 Å². The number of alkyl halides is 3. The maximum Gasteiger partial charge on any atom is 0.389 e. The Bertz CT molecular complexity index is 140. The van der Waals surface area contributed by atoms with Gasteiger partial charge in [0, 0.05) is 6.42 Å². The third-order valence-electron chi connectivity index (χ3n) is 1.96. The molecule has 0 aliphatic carbocycles. The van der Waals surface area contributed by atoms with E-state index in [1.807, 2.05) is 6.92 Å². The van der Waals surface area contributed by atoms with Crippen LogP contribution in [0.15, 0.2) is 0 Å². The van der Waals surface area contributed by atoms with Gasteiger partial charge in [-0.2, -0.15) is 13.2 Å². The standard InChI is InChI=1S/C9H17F3O/c1-3-5-8(2,13)6-4-7-9(10,11)12/h13H,3-7H2,1-2H3. The molecule has 4 heteroatoms. The molecule has 0 aromatic rings. The third-order valence-corrected chi connectivity index (χ3v) is 1.96. The largest absolute Gasteiger partial charge is 0.390 e. The molecule has 0 bridgehead atoms. The fourth-order valence-electron chi connectivity index (χ4n) is 1.33. The van der Waals surface area contributed by atoms with Crippen LogP contribution < -0.4 is 0 Å². The summed E-state index contributed by atoms with van der Waals surface area (Å²) in [6.07, 6.45) is -3.31. The molecule has 0 amide bonds. The predicted octanol–water partition coefficient (Wildman–Crippen LogP) is 3.27. The number of hydrogen-bond donors (Lipinski definition) is 1. The first-order chi connectivity index (χ1) is 5.77. The molecule has 1 atom stereocenters. The predicted molar refractivity (Wildman–Crippen MR) is 45.4 cm³/mol. The number of aliphatic hydroxyl groups is 1. The highest BCUT2D eigenvalue weighted by atomic mass is 19.4. The molecule has 1 N–H and O–H groups in total. The Morgan fingerprint density at radius 2 is 1.62 bits per heavy atom. The van der Waals surface area contributed by atoms with Gasteiger partial charge in [0.1, 0.15) is 0 Å². The molecule has 1 unspecified atom stereocenters. The van der Waals surface area contributed by atoms with Crippen LogP contribution >= 0.6 is 0 Å². The van der Waals surface area contributed by atoms with Gasteiger partial charge in [0.2, 0.25) is 0 Å². The average Bonchev–Trinajstić information content (AvgIpc) is 1.82. The summed E-state index contributed by atoms with van der Waals surface area (Å²) in [5.74, 6) is 0. The zero-order valence-electron chi connectivity index (χ0n) is 8.12. The highest BCUT2D eigenvalue weighted by Crippen LogP contribution is 2.26. The van der Waals surface area contributed by atoms with Crippen molar-refractivity contribution >= 4 is 0 Å². The van der Waals surface area contributed by atoms with E-state index in [1.165, 1.54) is 0 Å². The molecule has 0 fully saturated rings. The van der Waals surface area contributed by atoms with E-state index in [1.54, 1.807) is 6.92 Å². The van der Waals surface area contributed by atoms with Crippen molar-refractivity contribution in [2.75, 3.05) is 0 Å². The Labute approximate surface area is 76.9 Å². The molecular weight excluding hydrogens is 181 g/mol. The Morgan fingerprint density at radius 1 is 1.08 bits per heavy atom. The Hall–Kier alpha value is -0.250. The molecule has 0 heterocycles. The summed E-state index contributed by atoms with van der Waals surface area (Å²) < 4.78 is 35.2. The van der Waals surface area contributed by atoms with E-state index < -0.39 is 18.2 Å². The molecular formula is C9H17F3O. The molecule has 1 nitrogen and oxygen atoms in total. The van der Waals surface area contributed by atoms with Gasteiger partial charge in [0.25, 0.3) is 0 Å². The molecule has 0 saturated heterocycles. The molecule has 0 aliphatic rings. The lowest BCUT2D eigenvalue weighted by Crippen LogP contribution is -2.24. The zero-order valence-corrected chi connectivity index (χ0v) is 8.12. The Balaban J connectivity index is 3.63. The second-order valence-electron chi connectivity index (χ2n) is 3.72. The van der Waals surface area contributed by atoms with Crippen LogP contribution in [0.25, 0.3) is 0 Å². The quantitative estimate of drug-likeness (QED) is 0.718. The summed E-state index contributed by atoms with van der Waals surface area (Å²) >= 11 is 0. The first-order valence-electron chi connectivity index (χ1n) is 4.56. The summed E-state index contributed by atoms with van der Waals surface area (Å²) in [4.78, 5) is 0. The van der Waals surface area contributed by atoms with Crippen LogP contribution in [0.1, 0.15) is 46.0 Å². The Morgan fingerprint density at radius 3 is 2.00 bits per heavy atom. The van der Waals surface area contributed by atoms with Crippen LogP contribution in [0.5, 0.6) is 0 Å². The minimum atomic E-state index is -4.09. The van der Waals surface area contributed by atoms with Crippen molar-refractivity contribution in [3.63, 3.8) is 0 Å². The van der Waals surface area contributed by atoms with E-state index in [0.29, 0.717) is 6.42 Å². The van der Waals surface area contributed by atoms with Gasteiger partial charge < -0.3 is 5.11 Å². The van der Waals surface area contributed by atoms with E-state index in [2.05, 4.69) is 0 Å². The summed E-state index contributed by atoms with van der Waals surface area (Å²) in [6, 6.07) is 0. The lowest BCUT2D eigenvalue weighted by atomic mass is 9.94. The van der Waals surface area contributed by atoms with Crippen molar-refractivity contribution in [2.45, 2.75) is 57.7 Å². The normalized spacial score (nSPS) is 17.1. The minimum absolute atomic E-state index is 0.0104. The third kappa shape index (κ3) is 8.09. The molecule has 0 rings (SSSR count). The van der Waals surface area contributed by atoms with Gasteiger partial charge in [-0.1, -0.05) is 13.3 Å². The van der Waals surface area contributed by atoms with Crippen LogP contribution in [0.3, 0.4) is 0 Å². The van der Waals surface area contributed by atoms with Gasteiger partial charge in [-0.25, -0.2) is 0 Å². The maximum atomic E-state index is 11.7. The van der Waals surface area contributed by atoms with Crippen LogP contribution in [-0.4, -0.2) is 16.9 Å². The van der Waals surface area contributed by atoms with Gasteiger partial charge >= 0.3 is 6.18 Å². The second kappa shape index (κ2) is 4.84. The van der Waals surface area contributed by atoms with Crippen molar-refractivity contribution in [3.05, 3.63) is 0 Å². The maximum absolute atomic E-state index is 11.7. The summed E-state index contributed by atoms with van der Waals surface area (Å²) in [6.45, 7) is 3.49. The van der Waals surface area contributed by atoms with Gasteiger partial charge in [0.15, 0.2) is 0 Å². The monoisotopic (exact) mass is 198 g/mol. The van der Waals surface area contributed by atoms with E-state index in [9.17, 15) is 18.3 Å². The highest BCUT2D eigenvalue weighted by molar-refractivity contribution is 4.72. The van der Waals surface area contributed by atoms with Crippen molar-refractivity contribution in [1.82, 2.24) is 0 Å². The highest BCUT2D eigenvalue weighted by Gasteiger charge is 2.28. The van der Waals surface area contributed by atoms with E-state index in [-0.39, 0.29) is 12.8 Å². The summed E-state index contributed by atoms with van der Waals surface area (Å²) in [7, 11) is 0. The zero-order chi connectivity index (χ0) is 10.5. The first kappa shape index (κ1) is 12.8. The van der Waals surface area contributed by atoms with Gasteiger partial charge in [-0.15, -0.1) is 0 Å². The van der Waals surface area contributed by atoms with Crippen molar-refractivity contribution in [2.24, 2.45) is 0 Å². The molecule has 0 aromatic heterocycles. The number of rotatable bonds is 5. The average molecular weight is 198 g/mol. The lowest BCUT2D eigenvalue weighted by Gasteiger charge is -2.22. The molecule has 0 aliphatic heterocycles. The first-order valence-corrected chi connectivity index (χ1v) is 4.56. The van der Waals surface area contributed by atoms with Crippen LogP contribution in [0.2, 0.25) is 0 Å². The van der Waals surface area contributed by atoms with Crippen LogP contribution in [0.4, 0.5) is 13.2 Å². The van der Waals surface area contributed by atoms with Gasteiger partial charge in [-0.05, 0) is 26.2 Å². The second-order valence-corrected chi connectivity index (χ2v) is 3.72. The minimum Gasteiger partial charge on any atom is -0.390 e. The Kier molecular flexibility index (Phi) is 4.75. The van der Waals surface area contributed by atoms with Gasteiger partial charge in [0.05, 0.1) is 5.60 Å². The van der Waals surface area contributed by atoms with E-state index in [4.69, 9.17) is 0 Å².